The lowest BCUT2D eigenvalue weighted by atomic mass is 9.96. The van der Waals surface area contributed by atoms with Crippen LogP contribution in [0.5, 0.6) is 0 Å². The van der Waals surface area contributed by atoms with Crippen LogP contribution >= 0.6 is 0 Å². The van der Waals surface area contributed by atoms with Gasteiger partial charge in [0.25, 0.3) is 0 Å². The highest BCUT2D eigenvalue weighted by Crippen LogP contribution is 2.39. The summed E-state index contributed by atoms with van der Waals surface area (Å²) in [5.41, 5.74) is 0.596. The maximum absolute atomic E-state index is 13.2. The lowest BCUT2D eigenvalue weighted by Crippen LogP contribution is -2.33. The molecular weight excluding hydrogens is 337 g/mol. The molecule has 0 unspecified atom stereocenters. The summed E-state index contributed by atoms with van der Waals surface area (Å²) < 4.78 is 39.5. The van der Waals surface area contributed by atoms with Crippen molar-refractivity contribution in [1.29, 1.82) is 0 Å². The normalized spacial score (nSPS) is 20.9. The van der Waals surface area contributed by atoms with Crippen molar-refractivity contribution in [2.45, 2.75) is 6.18 Å². The second kappa shape index (κ2) is 6.05. The van der Waals surface area contributed by atoms with Gasteiger partial charge < -0.3 is 14.9 Å². The fourth-order valence-corrected chi connectivity index (χ4v) is 3.08. The lowest BCUT2D eigenvalue weighted by Gasteiger charge is -2.21. The minimum Gasteiger partial charge on any atom is -0.481 e. The Labute approximate surface area is 141 Å². The highest BCUT2D eigenvalue weighted by molar-refractivity contribution is 5.90. The summed E-state index contributed by atoms with van der Waals surface area (Å²) in [6, 6.07) is 7.19. The van der Waals surface area contributed by atoms with Gasteiger partial charge in [0.2, 0.25) is 5.95 Å². The number of aromatic nitrogens is 2. The third-order valence-electron chi connectivity index (χ3n) is 4.34. The Balaban J connectivity index is 2.03. The van der Waals surface area contributed by atoms with Gasteiger partial charge in [0, 0.05) is 32.6 Å². The van der Waals surface area contributed by atoms with Gasteiger partial charge in [-0.1, -0.05) is 12.1 Å². The summed E-state index contributed by atoms with van der Waals surface area (Å²) in [4.78, 5) is 23.0. The summed E-state index contributed by atoms with van der Waals surface area (Å²) >= 11 is 0. The van der Waals surface area contributed by atoms with Crippen LogP contribution in [0, 0.1) is 11.8 Å². The summed E-state index contributed by atoms with van der Waals surface area (Å²) in [5, 5.41) is 9.93. The SMILES string of the molecule is CN(C)c1nc(N2C[C@@H](C(F)(F)F)[C@H](C(=O)O)C2)nc2ccccc12. The van der Waals surface area contributed by atoms with E-state index in [1.54, 1.807) is 31.1 Å². The zero-order valence-electron chi connectivity index (χ0n) is 13.7. The number of carbonyl (C=O) groups is 1. The molecule has 0 bridgehead atoms. The molecule has 1 aromatic carbocycles. The Morgan fingerprint density at radius 1 is 1.24 bits per heavy atom. The van der Waals surface area contributed by atoms with E-state index in [1.807, 2.05) is 12.1 Å². The number of anilines is 2. The summed E-state index contributed by atoms with van der Waals surface area (Å²) in [7, 11) is 3.56. The molecule has 0 spiro atoms. The van der Waals surface area contributed by atoms with Crippen molar-refractivity contribution < 1.29 is 23.1 Å². The molecule has 9 heteroatoms. The predicted molar refractivity (Wildman–Crippen MR) is 86.7 cm³/mol. The molecule has 1 aliphatic rings. The molecule has 1 N–H and O–H groups in total. The van der Waals surface area contributed by atoms with Crippen LogP contribution in [-0.2, 0) is 4.79 Å². The van der Waals surface area contributed by atoms with Gasteiger partial charge >= 0.3 is 12.1 Å². The number of fused-ring (bicyclic) bond motifs is 1. The molecule has 0 radical (unpaired) electrons. The zero-order valence-corrected chi connectivity index (χ0v) is 13.7. The van der Waals surface area contributed by atoms with E-state index < -0.39 is 30.5 Å². The standard InChI is InChI=1S/C16H17F3N4O2/c1-22(2)13-9-5-3-4-6-12(9)20-15(21-13)23-7-10(14(24)25)11(8-23)16(17,18)19/h3-6,10-11H,7-8H2,1-2H3,(H,24,25)/t10-,11-/m1/s1. The Hall–Kier alpha value is -2.58. The van der Waals surface area contributed by atoms with Crippen LogP contribution in [0.1, 0.15) is 0 Å². The van der Waals surface area contributed by atoms with Gasteiger partial charge in [-0.3, -0.25) is 4.79 Å². The highest BCUT2D eigenvalue weighted by Gasteiger charge is 2.53. The zero-order chi connectivity index (χ0) is 18.4. The first-order chi connectivity index (χ1) is 11.7. The van der Waals surface area contributed by atoms with E-state index in [2.05, 4.69) is 9.97 Å². The summed E-state index contributed by atoms with van der Waals surface area (Å²) in [6.07, 6.45) is -4.58. The van der Waals surface area contributed by atoms with E-state index >= 15 is 0 Å². The number of carboxylic acid groups (broad SMARTS) is 1. The fourth-order valence-electron chi connectivity index (χ4n) is 3.08. The van der Waals surface area contributed by atoms with Crippen molar-refractivity contribution in [2.24, 2.45) is 11.8 Å². The van der Waals surface area contributed by atoms with Crippen molar-refractivity contribution in [3.05, 3.63) is 24.3 Å². The first-order valence-corrected chi connectivity index (χ1v) is 7.67. The second-order valence-corrected chi connectivity index (χ2v) is 6.26. The molecule has 1 aliphatic heterocycles. The Morgan fingerprint density at radius 3 is 2.48 bits per heavy atom. The molecule has 1 aromatic heterocycles. The first kappa shape index (κ1) is 17.2. The molecule has 2 aromatic rings. The number of aliphatic carboxylic acids is 1. The Bertz CT molecular complexity index is 810. The van der Waals surface area contributed by atoms with Gasteiger partial charge in [-0.25, -0.2) is 4.98 Å². The van der Waals surface area contributed by atoms with Gasteiger partial charge in [-0.05, 0) is 12.1 Å². The number of nitrogens with zero attached hydrogens (tertiary/aromatic N) is 4. The number of hydrogen-bond acceptors (Lipinski definition) is 5. The van der Waals surface area contributed by atoms with Gasteiger partial charge in [-0.15, -0.1) is 0 Å². The highest BCUT2D eigenvalue weighted by atomic mass is 19.4. The number of alkyl halides is 3. The molecule has 1 fully saturated rings. The Morgan fingerprint density at radius 2 is 1.92 bits per heavy atom. The summed E-state index contributed by atoms with van der Waals surface area (Å²) in [5.74, 6) is -4.25. The minimum atomic E-state index is -4.58. The molecule has 25 heavy (non-hydrogen) atoms. The number of hydrogen-bond donors (Lipinski definition) is 1. The van der Waals surface area contributed by atoms with Crippen LogP contribution in [-0.4, -0.2) is 54.4 Å². The van der Waals surface area contributed by atoms with Gasteiger partial charge in [0.05, 0.1) is 17.4 Å². The molecule has 0 amide bonds. The van der Waals surface area contributed by atoms with Crippen LogP contribution < -0.4 is 9.80 Å². The van der Waals surface area contributed by atoms with Gasteiger partial charge in [0.1, 0.15) is 5.82 Å². The maximum atomic E-state index is 13.2. The van der Waals surface area contributed by atoms with Crippen LogP contribution in [0.15, 0.2) is 24.3 Å². The number of halogens is 3. The third kappa shape index (κ3) is 3.18. The Kier molecular flexibility index (Phi) is 4.18. The molecular formula is C16H17F3N4O2. The average Bonchev–Trinajstić information content (AvgIpc) is 2.99. The van der Waals surface area contributed by atoms with Crippen molar-refractivity contribution >= 4 is 28.6 Å². The van der Waals surface area contributed by atoms with Crippen LogP contribution in [0.25, 0.3) is 10.9 Å². The molecule has 2 atom stereocenters. The third-order valence-corrected chi connectivity index (χ3v) is 4.34. The summed E-state index contributed by atoms with van der Waals surface area (Å²) in [6.45, 7) is -0.740. The number of rotatable bonds is 3. The van der Waals surface area contributed by atoms with E-state index in [9.17, 15) is 18.0 Å². The minimum absolute atomic E-state index is 0.111. The topological polar surface area (TPSA) is 69.6 Å². The smallest absolute Gasteiger partial charge is 0.394 e. The first-order valence-electron chi connectivity index (χ1n) is 7.67. The van der Waals surface area contributed by atoms with Crippen molar-refractivity contribution in [3.63, 3.8) is 0 Å². The monoisotopic (exact) mass is 354 g/mol. The molecule has 3 rings (SSSR count). The van der Waals surface area contributed by atoms with E-state index in [4.69, 9.17) is 5.11 Å². The molecule has 1 saturated heterocycles. The fraction of sp³-hybridized carbons (Fsp3) is 0.438. The van der Waals surface area contributed by atoms with E-state index in [0.29, 0.717) is 11.3 Å². The van der Waals surface area contributed by atoms with Gasteiger partial charge in [0.15, 0.2) is 0 Å². The van der Waals surface area contributed by atoms with Crippen LogP contribution in [0.4, 0.5) is 24.9 Å². The molecule has 2 heterocycles. The van der Waals surface area contributed by atoms with Crippen LogP contribution in [0.2, 0.25) is 0 Å². The van der Waals surface area contributed by atoms with E-state index in [1.165, 1.54) is 4.90 Å². The maximum Gasteiger partial charge on any atom is 0.394 e. The second-order valence-electron chi connectivity index (χ2n) is 6.26. The lowest BCUT2D eigenvalue weighted by molar-refractivity contribution is -0.187. The number of benzene rings is 1. The molecule has 134 valence electrons. The van der Waals surface area contributed by atoms with Crippen LogP contribution in [0.3, 0.4) is 0 Å². The molecule has 0 aliphatic carbocycles. The number of carboxylic acids is 1. The quantitative estimate of drug-likeness (QED) is 0.913. The van der Waals surface area contributed by atoms with Crippen molar-refractivity contribution in [1.82, 2.24) is 9.97 Å². The van der Waals surface area contributed by atoms with Crippen molar-refractivity contribution in [2.75, 3.05) is 37.0 Å². The largest absolute Gasteiger partial charge is 0.481 e. The molecule has 6 nitrogen and oxygen atoms in total. The molecule has 0 saturated carbocycles. The van der Waals surface area contributed by atoms with Gasteiger partial charge in [-0.2, -0.15) is 18.2 Å². The predicted octanol–water partition coefficient (Wildman–Crippen LogP) is 2.40. The van der Waals surface area contributed by atoms with E-state index in [-0.39, 0.29) is 12.5 Å². The van der Waals surface area contributed by atoms with E-state index in [0.717, 1.165) is 5.39 Å². The number of para-hydroxylation sites is 1. The average molecular weight is 354 g/mol. The van der Waals surface area contributed by atoms with Crippen molar-refractivity contribution in [3.8, 4) is 0 Å².